The molecule has 1 fully saturated rings. The second-order valence-electron chi connectivity index (χ2n) is 6.41. The predicted octanol–water partition coefficient (Wildman–Crippen LogP) is 4.05. The fourth-order valence-electron chi connectivity index (χ4n) is 3.16. The van der Waals surface area contributed by atoms with E-state index in [1.54, 1.807) is 12.4 Å². The number of aromatic nitrogens is 4. The second-order valence-corrected chi connectivity index (χ2v) is 6.41. The Labute approximate surface area is 143 Å². The third-order valence-corrected chi connectivity index (χ3v) is 4.65. The smallest absolute Gasteiger partial charge is 0.314 e. The standard InChI is InChI=1S/C18H16F2N4O/c1-11-4-2-3-5-13(11)18(6-7-18)8-14-21-9-12(10-22-14)16-23-24-17(25-16)15(19)20/h2-5,9-10,15H,6-8H2,1H3. The first kappa shape index (κ1) is 15.8. The van der Waals surface area contributed by atoms with E-state index in [1.807, 2.05) is 6.07 Å². The first-order valence-corrected chi connectivity index (χ1v) is 8.06. The highest BCUT2D eigenvalue weighted by Crippen LogP contribution is 2.51. The Hall–Kier alpha value is -2.70. The summed E-state index contributed by atoms with van der Waals surface area (Å²) in [5, 5.41) is 6.92. The lowest BCUT2D eigenvalue weighted by Gasteiger charge is -2.17. The van der Waals surface area contributed by atoms with Crippen molar-refractivity contribution in [3.8, 4) is 11.5 Å². The molecule has 128 valence electrons. The van der Waals surface area contributed by atoms with E-state index in [0.717, 1.165) is 25.1 Å². The third kappa shape index (κ3) is 3.01. The van der Waals surface area contributed by atoms with E-state index in [1.165, 1.54) is 11.1 Å². The topological polar surface area (TPSA) is 64.7 Å². The average molecular weight is 342 g/mol. The number of hydrogen-bond donors (Lipinski definition) is 0. The molecule has 0 spiro atoms. The first-order valence-electron chi connectivity index (χ1n) is 8.06. The predicted molar refractivity (Wildman–Crippen MR) is 86.1 cm³/mol. The number of hydrogen-bond acceptors (Lipinski definition) is 5. The average Bonchev–Trinajstić information content (AvgIpc) is 3.20. The van der Waals surface area contributed by atoms with Gasteiger partial charge in [-0.3, -0.25) is 0 Å². The maximum absolute atomic E-state index is 12.5. The van der Waals surface area contributed by atoms with Crippen LogP contribution in [0.15, 0.2) is 41.1 Å². The Bertz CT molecular complexity index is 888. The molecule has 7 heteroatoms. The molecule has 0 unspecified atom stereocenters. The van der Waals surface area contributed by atoms with Gasteiger partial charge in [0, 0.05) is 24.2 Å². The van der Waals surface area contributed by atoms with Crippen LogP contribution < -0.4 is 0 Å². The molecule has 2 aromatic heterocycles. The van der Waals surface area contributed by atoms with E-state index in [4.69, 9.17) is 4.42 Å². The quantitative estimate of drug-likeness (QED) is 0.700. The highest BCUT2D eigenvalue weighted by Gasteiger charge is 2.45. The SMILES string of the molecule is Cc1ccccc1C1(Cc2ncc(-c3nnc(C(F)F)o3)cn2)CC1. The van der Waals surface area contributed by atoms with Crippen LogP contribution in [-0.4, -0.2) is 20.2 Å². The van der Waals surface area contributed by atoms with Gasteiger partial charge in [0.2, 0.25) is 0 Å². The minimum Gasteiger partial charge on any atom is -0.415 e. The van der Waals surface area contributed by atoms with E-state index in [0.29, 0.717) is 5.56 Å². The lowest BCUT2D eigenvalue weighted by Crippen LogP contribution is -2.14. The van der Waals surface area contributed by atoms with Gasteiger partial charge in [-0.15, -0.1) is 10.2 Å². The van der Waals surface area contributed by atoms with Crippen LogP contribution in [0.5, 0.6) is 0 Å². The summed E-state index contributed by atoms with van der Waals surface area (Å²) in [4.78, 5) is 8.73. The zero-order chi connectivity index (χ0) is 17.4. The Kier molecular flexibility index (Phi) is 3.78. The van der Waals surface area contributed by atoms with Crippen LogP contribution in [0.4, 0.5) is 8.78 Å². The van der Waals surface area contributed by atoms with Crippen LogP contribution in [0.25, 0.3) is 11.5 Å². The van der Waals surface area contributed by atoms with E-state index >= 15 is 0 Å². The van der Waals surface area contributed by atoms with Crippen molar-refractivity contribution < 1.29 is 13.2 Å². The molecule has 0 atom stereocenters. The molecule has 5 nitrogen and oxygen atoms in total. The molecular formula is C18H16F2N4O. The highest BCUT2D eigenvalue weighted by molar-refractivity contribution is 5.49. The number of benzene rings is 1. The van der Waals surface area contributed by atoms with Gasteiger partial charge < -0.3 is 4.42 Å². The summed E-state index contributed by atoms with van der Waals surface area (Å²) in [7, 11) is 0. The molecule has 0 radical (unpaired) electrons. The molecule has 2 heterocycles. The summed E-state index contributed by atoms with van der Waals surface area (Å²) in [5.74, 6) is 0.0237. The molecule has 4 rings (SSSR count). The largest absolute Gasteiger partial charge is 0.415 e. The van der Waals surface area contributed by atoms with Gasteiger partial charge in [-0.05, 0) is 30.9 Å². The number of rotatable bonds is 5. The lowest BCUT2D eigenvalue weighted by molar-refractivity contribution is 0.116. The van der Waals surface area contributed by atoms with Gasteiger partial charge in [0.25, 0.3) is 11.8 Å². The van der Waals surface area contributed by atoms with Gasteiger partial charge in [0.15, 0.2) is 0 Å². The maximum Gasteiger partial charge on any atom is 0.314 e. The van der Waals surface area contributed by atoms with Gasteiger partial charge >= 0.3 is 6.43 Å². The maximum atomic E-state index is 12.5. The molecular weight excluding hydrogens is 326 g/mol. The van der Waals surface area contributed by atoms with Crippen LogP contribution in [0.1, 0.15) is 42.1 Å². The van der Waals surface area contributed by atoms with E-state index in [-0.39, 0.29) is 11.3 Å². The van der Waals surface area contributed by atoms with Crippen LogP contribution in [-0.2, 0) is 11.8 Å². The van der Waals surface area contributed by atoms with Crippen molar-refractivity contribution >= 4 is 0 Å². The van der Waals surface area contributed by atoms with Crippen LogP contribution in [0, 0.1) is 6.92 Å². The summed E-state index contributed by atoms with van der Waals surface area (Å²) < 4.78 is 30.0. The van der Waals surface area contributed by atoms with Crippen molar-refractivity contribution in [3.05, 3.63) is 59.5 Å². The molecule has 1 aliphatic carbocycles. The van der Waals surface area contributed by atoms with Crippen LogP contribution in [0.3, 0.4) is 0 Å². The van der Waals surface area contributed by atoms with Gasteiger partial charge in [-0.2, -0.15) is 8.78 Å². The highest BCUT2D eigenvalue weighted by atomic mass is 19.3. The fraction of sp³-hybridized carbons (Fsp3) is 0.333. The Morgan fingerprint density at radius 1 is 1.12 bits per heavy atom. The van der Waals surface area contributed by atoms with Crippen molar-refractivity contribution in [2.75, 3.05) is 0 Å². The Morgan fingerprint density at radius 3 is 2.44 bits per heavy atom. The zero-order valence-corrected chi connectivity index (χ0v) is 13.6. The molecule has 0 aliphatic heterocycles. The summed E-state index contributed by atoms with van der Waals surface area (Å²) in [6, 6.07) is 8.39. The molecule has 1 aliphatic rings. The van der Waals surface area contributed by atoms with Gasteiger partial charge in [0.05, 0.1) is 5.56 Å². The van der Waals surface area contributed by atoms with Crippen molar-refractivity contribution in [3.63, 3.8) is 0 Å². The fourth-order valence-corrected chi connectivity index (χ4v) is 3.16. The molecule has 0 N–H and O–H groups in total. The molecule has 0 bridgehead atoms. The first-order chi connectivity index (χ1) is 12.1. The number of aryl methyl sites for hydroxylation is 1. The third-order valence-electron chi connectivity index (χ3n) is 4.65. The molecule has 0 saturated heterocycles. The van der Waals surface area contributed by atoms with Gasteiger partial charge in [-0.25, -0.2) is 9.97 Å². The minimum atomic E-state index is -2.79. The zero-order valence-electron chi connectivity index (χ0n) is 13.6. The second kappa shape index (κ2) is 5.98. The number of nitrogens with zero attached hydrogens (tertiary/aromatic N) is 4. The van der Waals surface area contributed by atoms with Crippen molar-refractivity contribution in [2.24, 2.45) is 0 Å². The van der Waals surface area contributed by atoms with E-state index < -0.39 is 12.3 Å². The van der Waals surface area contributed by atoms with Crippen LogP contribution in [0.2, 0.25) is 0 Å². The van der Waals surface area contributed by atoms with Gasteiger partial charge in [0.1, 0.15) is 5.82 Å². The van der Waals surface area contributed by atoms with E-state index in [9.17, 15) is 8.78 Å². The number of halogens is 2. The molecule has 25 heavy (non-hydrogen) atoms. The minimum absolute atomic E-state index is 0.00175. The van der Waals surface area contributed by atoms with Crippen LogP contribution >= 0.6 is 0 Å². The normalized spacial score (nSPS) is 15.5. The Balaban J connectivity index is 1.54. The van der Waals surface area contributed by atoms with Gasteiger partial charge in [-0.1, -0.05) is 24.3 Å². The van der Waals surface area contributed by atoms with Crippen molar-refractivity contribution in [1.82, 2.24) is 20.2 Å². The summed E-state index contributed by atoms with van der Waals surface area (Å²) >= 11 is 0. The van der Waals surface area contributed by atoms with Crippen molar-refractivity contribution in [2.45, 2.75) is 38.0 Å². The summed E-state index contributed by atoms with van der Waals surface area (Å²) in [6.07, 6.45) is 3.28. The molecule has 0 amide bonds. The molecule has 1 aromatic carbocycles. The summed E-state index contributed by atoms with van der Waals surface area (Å²) in [6.45, 7) is 2.12. The van der Waals surface area contributed by atoms with E-state index in [2.05, 4.69) is 45.3 Å². The molecule has 1 saturated carbocycles. The monoisotopic (exact) mass is 342 g/mol. The van der Waals surface area contributed by atoms with Crippen molar-refractivity contribution in [1.29, 1.82) is 0 Å². The lowest BCUT2D eigenvalue weighted by atomic mass is 9.89. The number of alkyl halides is 2. The molecule has 3 aromatic rings. The Morgan fingerprint density at radius 2 is 1.84 bits per heavy atom. The summed E-state index contributed by atoms with van der Waals surface area (Å²) in [5.41, 5.74) is 3.17.